The SMILES string of the molecule is CCOc1ccc(N=C(SCc2ccccc2)N(Cc2ccc(OC)cc2)Cc2ccc(OC)cc2)cc1. The second-order valence-electron chi connectivity index (χ2n) is 8.65. The maximum Gasteiger partial charge on any atom is 0.165 e. The van der Waals surface area contributed by atoms with Gasteiger partial charge in [-0.25, -0.2) is 4.99 Å². The van der Waals surface area contributed by atoms with Crippen molar-refractivity contribution in [3.8, 4) is 17.2 Å². The Balaban J connectivity index is 1.67. The summed E-state index contributed by atoms with van der Waals surface area (Å²) in [6.07, 6.45) is 0. The van der Waals surface area contributed by atoms with E-state index in [9.17, 15) is 0 Å². The van der Waals surface area contributed by atoms with E-state index in [1.807, 2.05) is 61.5 Å². The first-order chi connectivity index (χ1) is 18.7. The molecule has 4 rings (SSSR count). The van der Waals surface area contributed by atoms with E-state index in [1.54, 1.807) is 26.0 Å². The van der Waals surface area contributed by atoms with Crippen molar-refractivity contribution < 1.29 is 14.2 Å². The smallest absolute Gasteiger partial charge is 0.165 e. The van der Waals surface area contributed by atoms with E-state index in [-0.39, 0.29) is 0 Å². The van der Waals surface area contributed by atoms with Gasteiger partial charge >= 0.3 is 0 Å². The van der Waals surface area contributed by atoms with Gasteiger partial charge in [-0.1, -0.05) is 66.4 Å². The summed E-state index contributed by atoms with van der Waals surface area (Å²) in [6, 6.07) is 34.9. The second kappa shape index (κ2) is 14.1. The molecule has 0 fully saturated rings. The Morgan fingerprint density at radius 2 is 1.18 bits per heavy atom. The van der Waals surface area contributed by atoms with Crippen molar-refractivity contribution in [3.05, 3.63) is 120 Å². The number of methoxy groups -OCH3 is 2. The van der Waals surface area contributed by atoms with E-state index in [2.05, 4.69) is 53.4 Å². The zero-order chi connectivity index (χ0) is 26.6. The van der Waals surface area contributed by atoms with E-state index < -0.39 is 0 Å². The van der Waals surface area contributed by atoms with Crippen LogP contribution in [0.3, 0.4) is 0 Å². The van der Waals surface area contributed by atoms with E-state index in [0.29, 0.717) is 19.7 Å². The molecular weight excluding hydrogens is 492 g/mol. The van der Waals surface area contributed by atoms with E-state index in [4.69, 9.17) is 19.2 Å². The average Bonchev–Trinajstić information content (AvgIpc) is 2.97. The topological polar surface area (TPSA) is 43.3 Å². The quantitative estimate of drug-likeness (QED) is 0.148. The molecule has 196 valence electrons. The van der Waals surface area contributed by atoms with Crippen molar-refractivity contribution in [3.63, 3.8) is 0 Å². The van der Waals surface area contributed by atoms with Crippen LogP contribution in [0.2, 0.25) is 0 Å². The van der Waals surface area contributed by atoms with Crippen LogP contribution in [0, 0.1) is 0 Å². The summed E-state index contributed by atoms with van der Waals surface area (Å²) in [6.45, 7) is 4.03. The lowest BCUT2D eigenvalue weighted by Gasteiger charge is -2.26. The maximum atomic E-state index is 5.63. The Morgan fingerprint density at radius 3 is 1.68 bits per heavy atom. The third-order valence-electron chi connectivity index (χ3n) is 5.92. The third kappa shape index (κ3) is 8.05. The van der Waals surface area contributed by atoms with Crippen LogP contribution in [-0.4, -0.2) is 30.9 Å². The molecule has 0 saturated heterocycles. The monoisotopic (exact) mass is 526 g/mol. The van der Waals surface area contributed by atoms with Gasteiger partial charge in [0.15, 0.2) is 5.17 Å². The number of aliphatic imine (C=N–C) groups is 1. The van der Waals surface area contributed by atoms with Crippen LogP contribution in [0.25, 0.3) is 0 Å². The Labute approximate surface area is 230 Å². The fraction of sp³-hybridized carbons (Fsp3) is 0.219. The van der Waals surface area contributed by atoms with Gasteiger partial charge in [0.1, 0.15) is 17.2 Å². The standard InChI is InChI=1S/C32H34N2O3S/c1-4-37-31-20-14-28(15-21-31)33-32(38-24-27-8-6-5-7-9-27)34(22-25-10-16-29(35-2)17-11-25)23-26-12-18-30(36-3)19-13-26/h5-21H,4,22-24H2,1-3H3. The predicted molar refractivity (Wildman–Crippen MR) is 158 cm³/mol. The molecule has 0 aliphatic carbocycles. The van der Waals surface area contributed by atoms with Crippen LogP contribution in [0.4, 0.5) is 5.69 Å². The van der Waals surface area contributed by atoms with Crippen molar-refractivity contribution in [1.29, 1.82) is 0 Å². The number of ether oxygens (including phenoxy) is 3. The number of nitrogens with zero attached hydrogens (tertiary/aromatic N) is 2. The van der Waals surface area contributed by atoms with Crippen molar-refractivity contribution in [2.75, 3.05) is 20.8 Å². The predicted octanol–water partition coefficient (Wildman–Crippen LogP) is 7.73. The van der Waals surface area contributed by atoms with Gasteiger partial charge in [-0.15, -0.1) is 0 Å². The molecule has 4 aromatic carbocycles. The minimum atomic E-state index is 0.637. The Morgan fingerprint density at radius 1 is 0.658 bits per heavy atom. The number of hydrogen-bond donors (Lipinski definition) is 0. The summed E-state index contributed by atoms with van der Waals surface area (Å²) in [5.41, 5.74) is 4.50. The van der Waals surface area contributed by atoms with Crippen molar-refractivity contribution in [1.82, 2.24) is 4.90 Å². The first-order valence-corrected chi connectivity index (χ1v) is 13.6. The lowest BCUT2D eigenvalue weighted by molar-refractivity contribution is 0.340. The molecule has 0 amide bonds. The first-order valence-electron chi connectivity index (χ1n) is 12.7. The Bertz CT molecular complexity index is 1230. The van der Waals surface area contributed by atoms with Crippen LogP contribution in [0.1, 0.15) is 23.6 Å². The van der Waals surface area contributed by atoms with Crippen LogP contribution >= 0.6 is 11.8 Å². The molecule has 38 heavy (non-hydrogen) atoms. The first kappa shape index (κ1) is 27.1. The van der Waals surface area contributed by atoms with E-state index in [0.717, 1.165) is 33.9 Å². The summed E-state index contributed by atoms with van der Waals surface area (Å²) in [7, 11) is 3.37. The van der Waals surface area contributed by atoms with Gasteiger partial charge in [-0.3, -0.25) is 0 Å². The minimum Gasteiger partial charge on any atom is -0.497 e. The Hall–Kier alpha value is -3.90. The van der Waals surface area contributed by atoms with Crippen molar-refractivity contribution in [2.45, 2.75) is 25.8 Å². The zero-order valence-corrected chi connectivity index (χ0v) is 23.0. The van der Waals surface area contributed by atoms with Crippen LogP contribution < -0.4 is 14.2 Å². The summed E-state index contributed by atoms with van der Waals surface area (Å²) in [4.78, 5) is 7.46. The van der Waals surface area contributed by atoms with Gasteiger partial charge < -0.3 is 19.1 Å². The normalized spacial score (nSPS) is 11.2. The van der Waals surface area contributed by atoms with Gasteiger partial charge in [0.2, 0.25) is 0 Å². The maximum absolute atomic E-state index is 5.63. The van der Waals surface area contributed by atoms with Gasteiger partial charge in [0, 0.05) is 18.8 Å². The lowest BCUT2D eigenvalue weighted by atomic mass is 10.1. The van der Waals surface area contributed by atoms with E-state index >= 15 is 0 Å². The molecule has 0 unspecified atom stereocenters. The van der Waals surface area contributed by atoms with Crippen LogP contribution in [0.15, 0.2) is 108 Å². The van der Waals surface area contributed by atoms with Crippen molar-refractivity contribution >= 4 is 22.6 Å². The minimum absolute atomic E-state index is 0.637. The molecule has 0 radical (unpaired) electrons. The highest BCUT2D eigenvalue weighted by atomic mass is 32.2. The third-order valence-corrected chi connectivity index (χ3v) is 7.00. The largest absolute Gasteiger partial charge is 0.497 e. The molecule has 4 aromatic rings. The molecule has 0 saturated carbocycles. The van der Waals surface area contributed by atoms with Crippen LogP contribution in [-0.2, 0) is 18.8 Å². The molecule has 0 atom stereocenters. The van der Waals surface area contributed by atoms with Gasteiger partial charge in [-0.05, 0) is 72.1 Å². The summed E-state index contributed by atoms with van der Waals surface area (Å²) in [5, 5.41) is 0.949. The van der Waals surface area contributed by atoms with Crippen molar-refractivity contribution in [2.24, 2.45) is 4.99 Å². The number of thioether (sulfide) groups is 1. The second-order valence-corrected chi connectivity index (χ2v) is 9.59. The van der Waals surface area contributed by atoms with Gasteiger partial charge in [0.05, 0.1) is 26.5 Å². The number of hydrogen-bond acceptors (Lipinski definition) is 5. The average molecular weight is 527 g/mol. The molecule has 5 nitrogen and oxygen atoms in total. The molecule has 6 heteroatoms. The fourth-order valence-electron chi connectivity index (χ4n) is 3.90. The van der Waals surface area contributed by atoms with E-state index in [1.165, 1.54) is 16.7 Å². The van der Waals surface area contributed by atoms with Crippen LogP contribution in [0.5, 0.6) is 17.2 Å². The molecule has 0 aliphatic heterocycles. The summed E-state index contributed by atoms with van der Waals surface area (Å²) < 4.78 is 16.4. The molecule has 0 N–H and O–H groups in total. The highest BCUT2D eigenvalue weighted by Gasteiger charge is 2.15. The van der Waals surface area contributed by atoms with Gasteiger partial charge in [0.25, 0.3) is 0 Å². The summed E-state index contributed by atoms with van der Waals surface area (Å²) in [5.74, 6) is 3.35. The number of amidine groups is 1. The number of rotatable bonds is 11. The molecule has 0 aromatic heterocycles. The molecule has 0 heterocycles. The van der Waals surface area contributed by atoms with Gasteiger partial charge in [-0.2, -0.15) is 0 Å². The zero-order valence-electron chi connectivity index (χ0n) is 22.2. The highest BCUT2D eigenvalue weighted by Crippen LogP contribution is 2.26. The fourth-order valence-corrected chi connectivity index (χ4v) is 4.87. The highest BCUT2D eigenvalue weighted by molar-refractivity contribution is 8.13. The molecule has 0 bridgehead atoms. The molecule has 0 aliphatic rings. The molecular formula is C32H34N2O3S. The lowest BCUT2D eigenvalue weighted by Crippen LogP contribution is -2.28. The number of benzene rings is 4. The summed E-state index contributed by atoms with van der Waals surface area (Å²) >= 11 is 1.74. The molecule has 0 spiro atoms. The Kier molecular flexibility index (Phi) is 10.1.